The summed E-state index contributed by atoms with van der Waals surface area (Å²) >= 11 is 13.1. The van der Waals surface area contributed by atoms with Gasteiger partial charge in [-0.05, 0) is 105 Å². The van der Waals surface area contributed by atoms with Gasteiger partial charge in [-0.25, -0.2) is 19.0 Å². The number of nitrogens with zero attached hydrogens (tertiary/aromatic N) is 2. The van der Waals surface area contributed by atoms with Crippen molar-refractivity contribution in [3.63, 3.8) is 0 Å². The molecule has 278 valence electrons. The fourth-order valence-corrected chi connectivity index (χ4v) is 8.12. The van der Waals surface area contributed by atoms with Gasteiger partial charge in [0.15, 0.2) is 23.9 Å². The molecule has 4 aromatic rings. The zero-order valence-corrected chi connectivity index (χ0v) is 31.1. The number of esters is 1. The average Bonchev–Trinajstić information content (AvgIpc) is 3.69. The van der Waals surface area contributed by atoms with Crippen molar-refractivity contribution in [3.8, 4) is 11.5 Å². The third-order valence-corrected chi connectivity index (χ3v) is 11.2. The molecular formula is C41H43Cl2FN3O6+. The van der Waals surface area contributed by atoms with Gasteiger partial charge in [-0.15, -0.1) is 0 Å². The van der Waals surface area contributed by atoms with Crippen LogP contribution in [0.2, 0.25) is 10.0 Å². The number of hydrogen-bond acceptors (Lipinski definition) is 7. The molecule has 8 rings (SSSR count). The maximum absolute atomic E-state index is 15.2. The number of fused-ring (bicyclic) bond motifs is 3. The van der Waals surface area contributed by atoms with Crippen LogP contribution < -0.4 is 19.4 Å². The molecule has 1 aromatic heterocycles. The number of para-hydroxylation sites is 1. The summed E-state index contributed by atoms with van der Waals surface area (Å²) in [5, 5.41) is 0.796. The molecule has 0 spiro atoms. The number of nitrogens with one attached hydrogen (secondary N) is 1. The first kappa shape index (κ1) is 37.0. The summed E-state index contributed by atoms with van der Waals surface area (Å²) in [7, 11) is 1.59. The quantitative estimate of drug-likeness (QED) is 0.134. The number of hydrogen-bond donors (Lipinski definition) is 0. The zero-order chi connectivity index (χ0) is 36.9. The Labute approximate surface area is 318 Å². The molecule has 4 fully saturated rings. The second-order valence-electron chi connectivity index (χ2n) is 14.0. The van der Waals surface area contributed by atoms with Crippen molar-refractivity contribution in [1.82, 2.24) is 4.90 Å². The molecule has 1 aliphatic carbocycles. The normalized spacial score (nSPS) is 20.1. The lowest BCUT2D eigenvalue weighted by Gasteiger charge is -2.44. The first-order valence-corrected chi connectivity index (χ1v) is 18.9. The molecule has 3 aromatic carbocycles. The molecule has 3 aliphatic heterocycles. The van der Waals surface area contributed by atoms with Crippen LogP contribution in [0.5, 0.6) is 11.5 Å². The monoisotopic (exact) mass is 762 g/mol. The molecule has 0 unspecified atom stereocenters. The molecule has 2 atom stereocenters. The summed E-state index contributed by atoms with van der Waals surface area (Å²) in [5.41, 5.74) is 2.21. The number of piperidine rings is 3. The van der Waals surface area contributed by atoms with E-state index in [-0.39, 0.29) is 42.3 Å². The van der Waals surface area contributed by atoms with E-state index in [1.54, 1.807) is 68.0 Å². The lowest BCUT2D eigenvalue weighted by Crippen LogP contribution is -2.53. The maximum atomic E-state index is 15.2. The molecule has 1 N–H and O–H groups in total. The summed E-state index contributed by atoms with van der Waals surface area (Å²) in [5.74, 6) is 0.274. The third kappa shape index (κ3) is 8.72. The van der Waals surface area contributed by atoms with Gasteiger partial charge in [-0.1, -0.05) is 53.5 Å². The highest BCUT2D eigenvalue weighted by Crippen LogP contribution is 2.38. The topological polar surface area (TPSA) is 91.7 Å². The number of halogens is 3. The summed E-state index contributed by atoms with van der Waals surface area (Å²) in [4.78, 5) is 34.2. The fourth-order valence-electron chi connectivity index (χ4n) is 7.59. The lowest BCUT2D eigenvalue weighted by atomic mass is 9.86. The van der Waals surface area contributed by atoms with Crippen LogP contribution in [-0.4, -0.2) is 55.9 Å². The van der Waals surface area contributed by atoms with Gasteiger partial charge in [0, 0.05) is 18.5 Å². The Morgan fingerprint density at radius 1 is 0.943 bits per heavy atom. The maximum Gasteiger partial charge on any atom is 0.415 e. The van der Waals surface area contributed by atoms with Crippen molar-refractivity contribution >= 4 is 41.0 Å². The molecule has 1 saturated carbocycles. The fraction of sp³-hybridized carbons (Fsp3) is 0.390. The van der Waals surface area contributed by atoms with Crippen molar-refractivity contribution in [3.05, 3.63) is 117 Å². The molecule has 53 heavy (non-hydrogen) atoms. The molecule has 12 heteroatoms. The Hall–Kier alpha value is -4.38. The van der Waals surface area contributed by atoms with E-state index in [1.165, 1.54) is 11.0 Å². The lowest BCUT2D eigenvalue weighted by molar-refractivity contribution is -0.377. The number of ether oxygens (including phenoxy) is 4. The highest BCUT2D eigenvalue weighted by molar-refractivity contribution is 6.35. The second kappa shape index (κ2) is 16.7. The Bertz CT molecular complexity index is 1910. The smallest absolute Gasteiger partial charge is 0.415 e. The Kier molecular flexibility index (Phi) is 11.7. The number of aromatic nitrogens is 1. The van der Waals surface area contributed by atoms with E-state index in [0.29, 0.717) is 44.8 Å². The Morgan fingerprint density at radius 3 is 2.40 bits per heavy atom. The predicted molar refractivity (Wildman–Crippen MR) is 199 cm³/mol. The number of anilines is 1. The summed E-state index contributed by atoms with van der Waals surface area (Å²) < 4.78 is 39.5. The van der Waals surface area contributed by atoms with Gasteiger partial charge in [0.1, 0.15) is 28.1 Å². The molecular weight excluding hydrogens is 720 g/mol. The first-order valence-electron chi connectivity index (χ1n) is 18.2. The van der Waals surface area contributed by atoms with E-state index < -0.39 is 24.0 Å². The first-order chi connectivity index (χ1) is 25.7. The molecule has 4 aliphatic rings. The Morgan fingerprint density at radius 2 is 1.70 bits per heavy atom. The van der Waals surface area contributed by atoms with Crippen LogP contribution in [0.3, 0.4) is 0 Å². The van der Waals surface area contributed by atoms with E-state index in [4.69, 9.17) is 42.1 Å². The van der Waals surface area contributed by atoms with Crippen molar-refractivity contribution in [2.75, 3.05) is 31.6 Å². The van der Waals surface area contributed by atoms with Gasteiger partial charge in [0.05, 0.1) is 31.0 Å². The van der Waals surface area contributed by atoms with E-state index >= 15 is 4.39 Å². The molecule has 3 saturated heterocycles. The van der Waals surface area contributed by atoms with Gasteiger partial charge < -0.3 is 18.9 Å². The summed E-state index contributed by atoms with van der Waals surface area (Å²) in [6.07, 6.45) is 7.85. The number of aromatic amines is 1. The molecule has 1 amide bonds. The number of benzene rings is 3. The van der Waals surface area contributed by atoms with Crippen LogP contribution in [0, 0.1) is 11.7 Å². The summed E-state index contributed by atoms with van der Waals surface area (Å²) in [6, 6.07) is 18.4. The van der Waals surface area contributed by atoms with Crippen molar-refractivity contribution in [1.29, 1.82) is 0 Å². The van der Waals surface area contributed by atoms with E-state index in [9.17, 15) is 9.59 Å². The van der Waals surface area contributed by atoms with E-state index in [2.05, 4.69) is 9.88 Å². The number of pyridine rings is 1. The van der Waals surface area contributed by atoms with Crippen molar-refractivity contribution in [2.24, 2.45) is 5.92 Å². The highest BCUT2D eigenvalue weighted by atomic mass is 35.5. The number of carbonyl (C=O) groups excluding carboxylic acids is 2. The minimum Gasteiger partial charge on any atom is -0.493 e. The number of amides is 1. The molecule has 2 bridgehead atoms. The standard InChI is InChI=1S/C41H42Cl2FN3O6/c1-50-36-14-13-28(20-38(36)51-30-9-2-3-10-30)37(21-31-32(42)22-45-23-33(31)43)52-40(48)29-8-6-7-26(19-29)24-47(35-12-5-4-11-34(35)44)41(49)53-39-25-46-17-15-27(39)16-18-46/h4-8,11-14,19-20,22-23,27,30,37,39H,2-3,9-10,15-18,21,24-25H2,1H3/p+1/t37-,39+/m1/s1. The number of H-pyrrole nitrogens is 1. The van der Waals surface area contributed by atoms with Gasteiger partial charge >= 0.3 is 12.1 Å². The van der Waals surface area contributed by atoms with Crippen LogP contribution in [-0.2, 0) is 22.4 Å². The van der Waals surface area contributed by atoms with Crippen LogP contribution in [0.4, 0.5) is 14.9 Å². The zero-order valence-electron chi connectivity index (χ0n) is 29.6. The van der Waals surface area contributed by atoms with E-state index in [1.807, 2.05) is 12.1 Å². The highest BCUT2D eigenvalue weighted by Gasteiger charge is 2.38. The number of methoxy groups -OCH3 is 1. The third-order valence-electron chi connectivity index (χ3n) is 10.5. The SMILES string of the molecule is COc1ccc([C@@H](Cc2c(Cl)c[nH+]cc2Cl)OC(=O)c2cccc(CN(C(=O)O[C@H]3CN4CCC3CC4)c3ccccc3F)c2)cc1OC1CCCC1. The average molecular weight is 764 g/mol. The van der Waals surface area contributed by atoms with Crippen molar-refractivity contribution < 1.29 is 37.9 Å². The van der Waals surface area contributed by atoms with E-state index in [0.717, 1.165) is 51.6 Å². The van der Waals surface area contributed by atoms with Crippen LogP contribution in [0.25, 0.3) is 0 Å². The number of rotatable bonds is 12. The largest absolute Gasteiger partial charge is 0.493 e. The van der Waals surface area contributed by atoms with Gasteiger partial charge in [-0.2, -0.15) is 0 Å². The minimum atomic E-state index is -0.813. The van der Waals surface area contributed by atoms with Crippen LogP contribution >= 0.6 is 23.2 Å². The minimum absolute atomic E-state index is 0.0303. The summed E-state index contributed by atoms with van der Waals surface area (Å²) in [6.45, 7) is 2.64. The van der Waals surface area contributed by atoms with Gasteiger partial charge in [0.25, 0.3) is 0 Å². The molecule has 9 nitrogen and oxygen atoms in total. The number of carbonyl (C=O) groups is 2. The predicted octanol–water partition coefficient (Wildman–Crippen LogP) is 8.65. The Balaban J connectivity index is 1.15. The molecule has 4 heterocycles. The molecule has 0 radical (unpaired) electrons. The van der Waals surface area contributed by atoms with Gasteiger partial charge in [-0.3, -0.25) is 9.80 Å². The second-order valence-corrected chi connectivity index (χ2v) is 14.8. The van der Waals surface area contributed by atoms with Crippen LogP contribution in [0.1, 0.15) is 71.7 Å². The van der Waals surface area contributed by atoms with Crippen molar-refractivity contribution in [2.45, 2.75) is 69.8 Å². The van der Waals surface area contributed by atoms with Crippen LogP contribution in [0.15, 0.2) is 79.1 Å². The van der Waals surface area contributed by atoms with Gasteiger partial charge in [0.2, 0.25) is 0 Å².